The van der Waals surface area contributed by atoms with Crippen molar-refractivity contribution < 1.29 is 9.18 Å². The molecular weight excluding hydrogens is 383 g/mol. The Balaban J connectivity index is 1.71. The van der Waals surface area contributed by atoms with E-state index in [4.69, 9.17) is 0 Å². The highest BCUT2D eigenvalue weighted by molar-refractivity contribution is 7.12. The van der Waals surface area contributed by atoms with Crippen molar-refractivity contribution in [3.05, 3.63) is 86.4 Å². The molecule has 0 bridgehead atoms. The number of carbonyl (C=O) groups is 1. The van der Waals surface area contributed by atoms with Crippen LogP contribution in [0, 0.1) is 19.7 Å². The first kappa shape index (κ1) is 19.6. The highest BCUT2D eigenvalue weighted by Crippen LogP contribution is 2.43. The summed E-state index contributed by atoms with van der Waals surface area (Å²) < 4.78 is 13.9. The molecule has 3 nitrogen and oxygen atoms in total. The third-order valence-corrected chi connectivity index (χ3v) is 6.91. The van der Waals surface area contributed by atoms with Gasteiger partial charge in [-0.05, 0) is 61.1 Å². The minimum absolute atomic E-state index is 0.126. The molecule has 3 aromatic rings. The summed E-state index contributed by atoms with van der Waals surface area (Å²) in [6.45, 7) is 6.71. The average molecular weight is 409 g/mol. The van der Waals surface area contributed by atoms with Gasteiger partial charge in [0.25, 0.3) is 0 Å². The highest BCUT2D eigenvalue weighted by atomic mass is 32.1. The maximum atomic E-state index is 13.9. The van der Waals surface area contributed by atoms with E-state index in [-0.39, 0.29) is 17.9 Å². The molecule has 1 N–H and O–H groups in total. The van der Waals surface area contributed by atoms with Gasteiger partial charge in [0.2, 0.25) is 0 Å². The number of benzene rings is 2. The number of halogens is 1. The van der Waals surface area contributed by atoms with Gasteiger partial charge in [-0.2, -0.15) is 0 Å². The fourth-order valence-corrected chi connectivity index (χ4v) is 5.60. The molecule has 0 saturated heterocycles. The molecule has 29 heavy (non-hydrogen) atoms. The third-order valence-electron chi connectivity index (χ3n) is 5.67. The Bertz CT molecular complexity index is 1040. The summed E-state index contributed by atoms with van der Waals surface area (Å²) in [5, 5.41) is 2.90. The van der Waals surface area contributed by atoms with E-state index in [9.17, 15) is 9.18 Å². The molecule has 2 aromatic carbocycles. The number of hydrogen-bond donors (Lipinski definition) is 1. The standard InChI is InChI=1S/C24H25FN2OS/c1-4-19-16(3)29-23-20(19)12-13-27(22(23)17-8-6-5-7-9-17)24(28)26-18-11-10-15(2)21(25)14-18/h5-11,14,22H,4,12-13H2,1-3H3,(H,26,28)/t22-/m1/s1. The largest absolute Gasteiger partial charge is 0.322 e. The van der Waals surface area contributed by atoms with Gasteiger partial charge in [-0.3, -0.25) is 0 Å². The number of carbonyl (C=O) groups excluding carboxylic acids is 1. The summed E-state index contributed by atoms with van der Waals surface area (Å²) in [5.41, 5.74) is 4.96. The molecule has 0 unspecified atom stereocenters. The van der Waals surface area contributed by atoms with E-state index in [1.165, 1.54) is 26.9 Å². The van der Waals surface area contributed by atoms with Crippen molar-refractivity contribution in [2.75, 3.05) is 11.9 Å². The second-order valence-electron chi connectivity index (χ2n) is 7.48. The Morgan fingerprint density at radius 2 is 1.97 bits per heavy atom. The number of fused-ring (bicyclic) bond motifs is 1. The lowest BCUT2D eigenvalue weighted by Crippen LogP contribution is -2.42. The topological polar surface area (TPSA) is 32.3 Å². The number of urea groups is 1. The first-order valence-electron chi connectivity index (χ1n) is 9.99. The molecule has 0 saturated carbocycles. The van der Waals surface area contributed by atoms with E-state index in [1.54, 1.807) is 30.4 Å². The predicted molar refractivity (Wildman–Crippen MR) is 117 cm³/mol. The zero-order valence-electron chi connectivity index (χ0n) is 17.0. The predicted octanol–water partition coefficient (Wildman–Crippen LogP) is 6.25. The Labute approximate surface area is 175 Å². The molecule has 0 aliphatic carbocycles. The molecule has 1 atom stereocenters. The van der Waals surface area contributed by atoms with E-state index >= 15 is 0 Å². The number of nitrogens with zero attached hydrogens (tertiary/aromatic N) is 1. The lowest BCUT2D eigenvalue weighted by Gasteiger charge is -2.36. The molecule has 150 valence electrons. The second kappa shape index (κ2) is 7.99. The quantitative estimate of drug-likeness (QED) is 0.546. The molecule has 5 heteroatoms. The summed E-state index contributed by atoms with van der Waals surface area (Å²) in [6, 6.07) is 14.6. The van der Waals surface area contributed by atoms with Crippen LogP contribution in [-0.2, 0) is 12.8 Å². The van der Waals surface area contributed by atoms with Crippen LogP contribution in [0.4, 0.5) is 14.9 Å². The Morgan fingerprint density at radius 3 is 2.66 bits per heavy atom. The molecule has 0 spiro atoms. The van der Waals surface area contributed by atoms with Crippen LogP contribution in [-0.4, -0.2) is 17.5 Å². The SMILES string of the molecule is CCc1c(C)sc2c1CCN(C(=O)Nc1ccc(C)c(F)c1)[C@@H]2c1ccccc1. The van der Waals surface area contributed by atoms with Gasteiger partial charge in [0.05, 0.1) is 6.04 Å². The van der Waals surface area contributed by atoms with Crippen molar-refractivity contribution in [1.82, 2.24) is 4.90 Å². The fourth-order valence-electron chi connectivity index (χ4n) is 4.16. The normalized spacial score (nSPS) is 15.9. The molecule has 0 fully saturated rings. The van der Waals surface area contributed by atoms with Crippen molar-refractivity contribution in [2.45, 2.75) is 39.7 Å². The lowest BCUT2D eigenvalue weighted by atomic mass is 9.92. The first-order valence-corrected chi connectivity index (χ1v) is 10.8. The minimum atomic E-state index is -0.315. The number of hydrogen-bond acceptors (Lipinski definition) is 2. The van der Waals surface area contributed by atoms with E-state index in [0.717, 1.165) is 18.4 Å². The molecule has 4 rings (SSSR count). The minimum Gasteiger partial charge on any atom is -0.312 e. The second-order valence-corrected chi connectivity index (χ2v) is 8.74. The number of thiophene rings is 1. The third kappa shape index (κ3) is 3.67. The smallest absolute Gasteiger partial charge is 0.312 e. The van der Waals surface area contributed by atoms with E-state index in [1.807, 2.05) is 23.1 Å². The van der Waals surface area contributed by atoms with Gasteiger partial charge < -0.3 is 10.2 Å². The van der Waals surface area contributed by atoms with Crippen LogP contribution >= 0.6 is 11.3 Å². The fraction of sp³-hybridized carbons (Fsp3) is 0.292. The van der Waals surface area contributed by atoms with Crippen LogP contribution in [0.3, 0.4) is 0 Å². The molecule has 0 radical (unpaired) electrons. The average Bonchev–Trinajstić information content (AvgIpc) is 3.05. The summed E-state index contributed by atoms with van der Waals surface area (Å²) in [6.07, 6.45) is 1.86. The Morgan fingerprint density at radius 1 is 1.21 bits per heavy atom. The molecule has 1 aliphatic rings. The van der Waals surface area contributed by atoms with Crippen molar-refractivity contribution in [3.63, 3.8) is 0 Å². The number of anilines is 1. The lowest BCUT2D eigenvalue weighted by molar-refractivity contribution is 0.195. The number of amides is 2. The zero-order valence-corrected chi connectivity index (χ0v) is 17.8. The summed E-state index contributed by atoms with van der Waals surface area (Å²) in [7, 11) is 0. The first-order chi connectivity index (χ1) is 14.0. The Kier molecular flexibility index (Phi) is 5.41. The number of rotatable bonds is 3. The van der Waals surface area contributed by atoms with Crippen LogP contribution in [0.1, 0.15) is 45.0 Å². The zero-order chi connectivity index (χ0) is 20.5. The van der Waals surface area contributed by atoms with Gasteiger partial charge in [0, 0.05) is 22.0 Å². The van der Waals surface area contributed by atoms with Gasteiger partial charge in [-0.25, -0.2) is 9.18 Å². The van der Waals surface area contributed by atoms with Crippen molar-refractivity contribution in [3.8, 4) is 0 Å². The van der Waals surface area contributed by atoms with E-state index in [2.05, 4.69) is 31.3 Å². The number of nitrogens with one attached hydrogen (secondary N) is 1. The van der Waals surface area contributed by atoms with Crippen molar-refractivity contribution >= 4 is 23.1 Å². The molecule has 1 aromatic heterocycles. The Hall–Kier alpha value is -2.66. The maximum absolute atomic E-state index is 13.9. The van der Waals surface area contributed by atoms with Crippen LogP contribution in [0.25, 0.3) is 0 Å². The van der Waals surface area contributed by atoms with Crippen LogP contribution in [0.2, 0.25) is 0 Å². The molecular formula is C24H25FN2OS. The summed E-state index contributed by atoms with van der Waals surface area (Å²) in [5.74, 6) is -0.315. The van der Waals surface area contributed by atoms with Crippen molar-refractivity contribution in [2.24, 2.45) is 0 Å². The molecule has 2 heterocycles. The monoisotopic (exact) mass is 408 g/mol. The molecule has 1 aliphatic heterocycles. The van der Waals surface area contributed by atoms with Gasteiger partial charge >= 0.3 is 6.03 Å². The number of aryl methyl sites for hydroxylation is 2. The van der Waals surface area contributed by atoms with Gasteiger partial charge in [0.15, 0.2) is 0 Å². The van der Waals surface area contributed by atoms with Gasteiger partial charge in [-0.15, -0.1) is 11.3 Å². The van der Waals surface area contributed by atoms with Gasteiger partial charge in [-0.1, -0.05) is 43.3 Å². The van der Waals surface area contributed by atoms with Gasteiger partial charge in [0.1, 0.15) is 5.82 Å². The van der Waals surface area contributed by atoms with Crippen molar-refractivity contribution in [1.29, 1.82) is 0 Å². The maximum Gasteiger partial charge on any atom is 0.322 e. The van der Waals surface area contributed by atoms with Crippen LogP contribution in [0.15, 0.2) is 48.5 Å². The van der Waals surface area contributed by atoms with Crippen LogP contribution in [0.5, 0.6) is 0 Å². The van der Waals surface area contributed by atoms with Crippen LogP contribution < -0.4 is 5.32 Å². The van der Waals surface area contributed by atoms with E-state index < -0.39 is 0 Å². The summed E-state index contributed by atoms with van der Waals surface area (Å²) >= 11 is 1.79. The summed E-state index contributed by atoms with van der Waals surface area (Å²) in [4.78, 5) is 17.7. The highest BCUT2D eigenvalue weighted by Gasteiger charge is 2.35. The molecule has 2 amide bonds. The van der Waals surface area contributed by atoms with E-state index in [0.29, 0.717) is 17.8 Å².